The summed E-state index contributed by atoms with van der Waals surface area (Å²) >= 11 is 0. The van der Waals surface area contributed by atoms with Gasteiger partial charge in [0.15, 0.2) is 0 Å². The van der Waals surface area contributed by atoms with Crippen LogP contribution in [0.4, 0.5) is 11.5 Å². The third kappa shape index (κ3) is 2.71. The number of nitrogens with one attached hydrogen (secondary N) is 1. The maximum atomic E-state index is 5.59. The van der Waals surface area contributed by atoms with E-state index in [0.29, 0.717) is 5.82 Å². The van der Waals surface area contributed by atoms with Gasteiger partial charge in [-0.2, -0.15) is 0 Å². The molecule has 2 aromatic rings. The molecule has 3 heteroatoms. The molecule has 0 fully saturated rings. The molecule has 3 N–H and O–H groups in total. The van der Waals surface area contributed by atoms with E-state index in [1.54, 1.807) is 6.20 Å². The molecule has 0 atom stereocenters. The average Bonchev–Trinajstić information content (AvgIpc) is 2.28. The van der Waals surface area contributed by atoms with Crippen LogP contribution in [-0.2, 0) is 6.54 Å². The lowest BCUT2D eigenvalue weighted by atomic mass is 10.2. The van der Waals surface area contributed by atoms with E-state index in [9.17, 15) is 0 Å². The Bertz CT molecular complexity index is 426. The highest BCUT2D eigenvalue weighted by molar-refractivity contribution is 5.43. The van der Waals surface area contributed by atoms with Crippen LogP contribution in [0.2, 0.25) is 0 Å². The summed E-state index contributed by atoms with van der Waals surface area (Å²) in [4.78, 5) is 3.94. The number of pyridine rings is 1. The van der Waals surface area contributed by atoms with Crippen molar-refractivity contribution in [2.24, 2.45) is 0 Å². The third-order valence-electron chi connectivity index (χ3n) is 2.12. The standard InChI is InChI=1S/C12H13N3/c13-12-8-10(6-7-14-12)9-15-11-4-2-1-3-5-11/h1-8,15H,9H2,(H2,13,14). The third-order valence-corrected chi connectivity index (χ3v) is 2.12. The Kier molecular flexibility index (Phi) is 2.83. The van der Waals surface area contributed by atoms with Gasteiger partial charge in [0, 0.05) is 18.4 Å². The van der Waals surface area contributed by atoms with Gasteiger partial charge in [-0.1, -0.05) is 18.2 Å². The first kappa shape index (κ1) is 9.52. The van der Waals surface area contributed by atoms with Gasteiger partial charge in [0.2, 0.25) is 0 Å². The number of hydrogen-bond donors (Lipinski definition) is 2. The molecule has 1 aromatic carbocycles. The number of para-hydroxylation sites is 1. The van der Waals surface area contributed by atoms with E-state index in [2.05, 4.69) is 10.3 Å². The minimum Gasteiger partial charge on any atom is -0.384 e. The van der Waals surface area contributed by atoms with Gasteiger partial charge in [-0.3, -0.25) is 0 Å². The Morgan fingerprint density at radius 2 is 1.93 bits per heavy atom. The van der Waals surface area contributed by atoms with Crippen molar-refractivity contribution < 1.29 is 0 Å². The van der Waals surface area contributed by atoms with E-state index < -0.39 is 0 Å². The lowest BCUT2D eigenvalue weighted by molar-refractivity contribution is 1.13. The summed E-state index contributed by atoms with van der Waals surface area (Å²) in [5.41, 5.74) is 7.82. The van der Waals surface area contributed by atoms with Crippen molar-refractivity contribution in [3.8, 4) is 0 Å². The van der Waals surface area contributed by atoms with E-state index in [1.807, 2.05) is 42.5 Å². The summed E-state index contributed by atoms with van der Waals surface area (Å²) in [5.74, 6) is 0.558. The Morgan fingerprint density at radius 3 is 2.67 bits per heavy atom. The number of nitrogens with zero attached hydrogens (tertiary/aromatic N) is 1. The zero-order chi connectivity index (χ0) is 10.5. The minimum atomic E-state index is 0.558. The smallest absolute Gasteiger partial charge is 0.123 e. The molecule has 0 saturated carbocycles. The summed E-state index contributed by atoms with van der Waals surface area (Å²) in [7, 11) is 0. The summed E-state index contributed by atoms with van der Waals surface area (Å²) in [6.45, 7) is 0.761. The second-order valence-electron chi connectivity index (χ2n) is 3.31. The molecule has 3 nitrogen and oxygen atoms in total. The number of anilines is 2. The van der Waals surface area contributed by atoms with Crippen molar-refractivity contribution in [1.82, 2.24) is 4.98 Å². The summed E-state index contributed by atoms with van der Waals surface area (Å²) < 4.78 is 0. The van der Waals surface area contributed by atoms with Gasteiger partial charge in [0.1, 0.15) is 5.82 Å². The molecule has 0 saturated heterocycles. The maximum absolute atomic E-state index is 5.59. The van der Waals surface area contributed by atoms with Gasteiger partial charge in [0.05, 0.1) is 0 Å². The Labute approximate surface area is 89.0 Å². The van der Waals surface area contributed by atoms with E-state index in [1.165, 1.54) is 0 Å². The topological polar surface area (TPSA) is 50.9 Å². The van der Waals surface area contributed by atoms with Crippen molar-refractivity contribution in [3.63, 3.8) is 0 Å². The molecular weight excluding hydrogens is 186 g/mol. The van der Waals surface area contributed by atoms with Crippen LogP contribution in [0.1, 0.15) is 5.56 Å². The van der Waals surface area contributed by atoms with Crippen molar-refractivity contribution >= 4 is 11.5 Å². The van der Waals surface area contributed by atoms with E-state index in [-0.39, 0.29) is 0 Å². The fraction of sp³-hybridized carbons (Fsp3) is 0.0833. The van der Waals surface area contributed by atoms with E-state index >= 15 is 0 Å². The predicted molar refractivity (Wildman–Crippen MR) is 62.4 cm³/mol. The summed E-state index contributed by atoms with van der Waals surface area (Å²) in [6, 6.07) is 13.9. The molecule has 2 rings (SSSR count). The van der Waals surface area contributed by atoms with Crippen molar-refractivity contribution in [1.29, 1.82) is 0 Å². The highest BCUT2D eigenvalue weighted by atomic mass is 14.9. The largest absolute Gasteiger partial charge is 0.384 e. The van der Waals surface area contributed by atoms with Crippen LogP contribution in [0.25, 0.3) is 0 Å². The van der Waals surface area contributed by atoms with Gasteiger partial charge in [-0.25, -0.2) is 4.98 Å². The number of hydrogen-bond acceptors (Lipinski definition) is 3. The molecule has 0 amide bonds. The SMILES string of the molecule is Nc1cc(CNc2ccccc2)ccn1. The first-order chi connectivity index (χ1) is 7.34. The lowest BCUT2D eigenvalue weighted by Crippen LogP contribution is -2.00. The quantitative estimate of drug-likeness (QED) is 0.797. The highest BCUT2D eigenvalue weighted by Gasteiger charge is 1.94. The molecule has 76 valence electrons. The molecule has 0 spiro atoms. The van der Waals surface area contributed by atoms with Crippen LogP contribution >= 0.6 is 0 Å². The van der Waals surface area contributed by atoms with Gasteiger partial charge < -0.3 is 11.1 Å². The molecule has 0 aliphatic carbocycles. The number of aromatic nitrogens is 1. The zero-order valence-electron chi connectivity index (χ0n) is 8.35. The van der Waals surface area contributed by atoms with Crippen LogP contribution in [-0.4, -0.2) is 4.98 Å². The summed E-state index contributed by atoms with van der Waals surface area (Å²) in [6.07, 6.45) is 1.72. The lowest BCUT2D eigenvalue weighted by Gasteiger charge is -2.06. The molecular formula is C12H13N3. The van der Waals surface area contributed by atoms with Gasteiger partial charge in [-0.05, 0) is 29.8 Å². The van der Waals surface area contributed by atoms with Crippen molar-refractivity contribution in [3.05, 3.63) is 54.2 Å². The number of nitrogens with two attached hydrogens (primary N) is 1. The highest BCUT2D eigenvalue weighted by Crippen LogP contribution is 2.09. The van der Waals surface area contributed by atoms with Crippen LogP contribution in [0.5, 0.6) is 0 Å². The summed E-state index contributed by atoms with van der Waals surface area (Å²) in [5, 5.41) is 3.30. The molecule has 0 unspecified atom stereocenters. The Balaban J connectivity index is 1.99. The average molecular weight is 199 g/mol. The van der Waals surface area contributed by atoms with Gasteiger partial charge in [-0.15, -0.1) is 0 Å². The fourth-order valence-electron chi connectivity index (χ4n) is 1.36. The molecule has 15 heavy (non-hydrogen) atoms. The second-order valence-corrected chi connectivity index (χ2v) is 3.31. The molecule has 0 radical (unpaired) electrons. The normalized spacial score (nSPS) is 9.87. The maximum Gasteiger partial charge on any atom is 0.123 e. The van der Waals surface area contributed by atoms with Crippen LogP contribution in [0.3, 0.4) is 0 Å². The van der Waals surface area contributed by atoms with Gasteiger partial charge in [0.25, 0.3) is 0 Å². The van der Waals surface area contributed by atoms with Gasteiger partial charge >= 0.3 is 0 Å². The zero-order valence-corrected chi connectivity index (χ0v) is 8.35. The molecule has 0 bridgehead atoms. The van der Waals surface area contributed by atoms with E-state index in [4.69, 9.17) is 5.73 Å². The van der Waals surface area contributed by atoms with Crippen LogP contribution < -0.4 is 11.1 Å². The number of nitrogen functional groups attached to an aromatic ring is 1. The number of benzene rings is 1. The molecule has 0 aliphatic rings. The second kappa shape index (κ2) is 4.46. The first-order valence-corrected chi connectivity index (χ1v) is 4.84. The molecule has 1 aromatic heterocycles. The van der Waals surface area contributed by atoms with Crippen molar-refractivity contribution in [2.75, 3.05) is 11.1 Å². The monoisotopic (exact) mass is 199 g/mol. The molecule has 1 heterocycles. The van der Waals surface area contributed by atoms with Crippen LogP contribution in [0.15, 0.2) is 48.7 Å². The first-order valence-electron chi connectivity index (χ1n) is 4.84. The molecule has 0 aliphatic heterocycles. The van der Waals surface area contributed by atoms with Crippen LogP contribution in [0, 0.1) is 0 Å². The Hall–Kier alpha value is -2.03. The number of rotatable bonds is 3. The predicted octanol–water partition coefficient (Wildman–Crippen LogP) is 2.28. The minimum absolute atomic E-state index is 0.558. The Morgan fingerprint density at radius 1 is 1.13 bits per heavy atom. The fourth-order valence-corrected chi connectivity index (χ4v) is 1.36. The van der Waals surface area contributed by atoms with Crippen molar-refractivity contribution in [2.45, 2.75) is 6.54 Å². The van der Waals surface area contributed by atoms with E-state index in [0.717, 1.165) is 17.8 Å².